The average molecular weight is 596 g/mol. The molecule has 4 atom stereocenters. The highest BCUT2D eigenvalue weighted by Crippen LogP contribution is 2.30. The lowest BCUT2D eigenvalue weighted by Crippen LogP contribution is -2.58. The monoisotopic (exact) mass is 595 g/mol. The third-order valence-electron chi connectivity index (χ3n) is 9.93. The summed E-state index contributed by atoms with van der Waals surface area (Å²) >= 11 is 0. The lowest BCUT2D eigenvalue weighted by atomic mass is 9.96. The first-order chi connectivity index (χ1) is 21.2. The molecule has 0 spiro atoms. The van der Waals surface area contributed by atoms with Gasteiger partial charge in [-0.25, -0.2) is 9.98 Å². The summed E-state index contributed by atoms with van der Waals surface area (Å²) < 4.78 is 16.9. The maximum Gasteiger partial charge on any atom is 0.128 e. The Morgan fingerprint density at radius 2 is 1.88 bits per heavy atom. The van der Waals surface area contributed by atoms with Gasteiger partial charge in [0.25, 0.3) is 0 Å². The molecule has 3 saturated heterocycles. The number of aliphatic imine (C=N–C) groups is 2. The first kappa shape index (κ1) is 32.1. The Morgan fingerprint density at radius 1 is 1.07 bits per heavy atom. The second-order valence-electron chi connectivity index (χ2n) is 12.7. The summed E-state index contributed by atoms with van der Waals surface area (Å²) in [5.41, 5.74) is 1.30. The van der Waals surface area contributed by atoms with Gasteiger partial charge in [-0.1, -0.05) is 6.08 Å². The molecular weight excluding hydrogens is 542 g/mol. The quantitative estimate of drug-likeness (QED) is 0.271. The number of rotatable bonds is 12. The minimum absolute atomic E-state index is 0.195. The summed E-state index contributed by atoms with van der Waals surface area (Å²) in [6, 6.07) is 3.80. The summed E-state index contributed by atoms with van der Waals surface area (Å²) in [6.45, 7) is 13.5. The van der Waals surface area contributed by atoms with E-state index in [0.29, 0.717) is 31.3 Å². The van der Waals surface area contributed by atoms with Crippen LogP contribution in [-0.2, 0) is 14.2 Å². The number of allylic oxidation sites excluding steroid dienone is 3. The number of amidine groups is 1. The molecule has 5 aliphatic rings. The maximum atomic E-state index is 9.90. The van der Waals surface area contributed by atoms with Gasteiger partial charge in [-0.2, -0.15) is 5.26 Å². The number of nitrogens with zero attached hydrogens (tertiary/aromatic N) is 6. The summed E-state index contributed by atoms with van der Waals surface area (Å²) in [6.07, 6.45) is 13.3. The molecule has 3 fully saturated rings. The molecular formula is C33H53N7O3. The van der Waals surface area contributed by atoms with Crippen LogP contribution >= 0.6 is 0 Å². The molecule has 0 aromatic heterocycles. The van der Waals surface area contributed by atoms with Crippen LogP contribution in [0.3, 0.4) is 0 Å². The largest absolute Gasteiger partial charge is 0.497 e. The molecule has 4 unspecified atom stereocenters. The Balaban J connectivity index is 1.07. The first-order valence-corrected chi connectivity index (χ1v) is 16.6. The second kappa shape index (κ2) is 16.7. The molecule has 1 N–H and O–H groups in total. The van der Waals surface area contributed by atoms with Crippen molar-refractivity contribution < 1.29 is 14.2 Å². The van der Waals surface area contributed by atoms with Crippen molar-refractivity contribution in [2.24, 2.45) is 27.7 Å². The van der Waals surface area contributed by atoms with E-state index < -0.39 is 0 Å². The number of ether oxygens (including phenoxy) is 3. The predicted molar refractivity (Wildman–Crippen MR) is 170 cm³/mol. The Morgan fingerprint density at radius 3 is 2.56 bits per heavy atom. The lowest BCUT2D eigenvalue weighted by molar-refractivity contribution is -0.0799. The van der Waals surface area contributed by atoms with Gasteiger partial charge < -0.3 is 24.4 Å². The predicted octanol–water partition coefficient (Wildman–Crippen LogP) is 3.28. The fourth-order valence-electron chi connectivity index (χ4n) is 7.08. The smallest absolute Gasteiger partial charge is 0.128 e. The molecule has 3 aliphatic heterocycles. The number of hydrogen-bond donors (Lipinski definition) is 1. The van der Waals surface area contributed by atoms with Gasteiger partial charge in [-0.15, -0.1) is 0 Å². The molecule has 2 aliphatic carbocycles. The van der Waals surface area contributed by atoms with E-state index in [9.17, 15) is 5.26 Å². The first-order valence-electron chi connectivity index (χ1n) is 16.6. The Hall–Kier alpha value is -2.29. The zero-order chi connectivity index (χ0) is 29.9. The van der Waals surface area contributed by atoms with E-state index in [0.717, 1.165) is 89.6 Å². The molecule has 43 heavy (non-hydrogen) atoms. The minimum atomic E-state index is -0.198. The highest BCUT2D eigenvalue weighted by molar-refractivity contribution is 5.91. The van der Waals surface area contributed by atoms with Crippen LogP contribution in [0.5, 0.6) is 0 Å². The van der Waals surface area contributed by atoms with Crippen molar-refractivity contribution in [3.63, 3.8) is 0 Å². The average Bonchev–Trinajstić information content (AvgIpc) is 3.36. The summed E-state index contributed by atoms with van der Waals surface area (Å²) in [5.74, 6) is 2.22. The molecule has 0 amide bonds. The molecule has 0 bridgehead atoms. The summed E-state index contributed by atoms with van der Waals surface area (Å²) in [5, 5.41) is 13.5. The van der Waals surface area contributed by atoms with E-state index in [1.165, 1.54) is 38.3 Å². The number of piperazine rings is 1. The maximum absolute atomic E-state index is 9.90. The Bertz CT molecular complexity index is 1040. The number of nitrogens with one attached hydrogen (secondary N) is 1. The zero-order valence-electron chi connectivity index (χ0n) is 26.5. The molecule has 238 valence electrons. The van der Waals surface area contributed by atoms with Crippen LogP contribution < -0.4 is 5.32 Å². The van der Waals surface area contributed by atoms with Crippen LogP contribution in [0, 0.1) is 29.1 Å². The third-order valence-corrected chi connectivity index (χ3v) is 9.93. The van der Waals surface area contributed by atoms with Gasteiger partial charge in [0.1, 0.15) is 24.2 Å². The zero-order valence-corrected chi connectivity index (χ0v) is 26.5. The molecule has 10 nitrogen and oxygen atoms in total. The van der Waals surface area contributed by atoms with E-state index in [-0.39, 0.29) is 11.8 Å². The second-order valence-corrected chi connectivity index (χ2v) is 12.7. The third kappa shape index (κ3) is 9.11. The summed E-state index contributed by atoms with van der Waals surface area (Å²) in [4.78, 5) is 17.3. The van der Waals surface area contributed by atoms with Crippen molar-refractivity contribution in [2.45, 2.75) is 64.0 Å². The Kier molecular flexibility index (Phi) is 12.5. The van der Waals surface area contributed by atoms with Crippen LogP contribution in [0.2, 0.25) is 0 Å². The van der Waals surface area contributed by atoms with Crippen molar-refractivity contribution in [1.82, 2.24) is 20.0 Å². The van der Waals surface area contributed by atoms with E-state index in [1.54, 1.807) is 7.11 Å². The standard InChI is InChI=1S/C33H53N7O3/c1-3-35-33(27-4-5-28(20-34)32(11-6-27)43-22-26-12-13-38(21-26)18-19-41-2)37-25-36-29-7-9-30(10-8-29)39-14-16-40(17-15-39)31-23-42-24-31/h3,7,11,26-28,30-31,36H,4-6,8-10,12-19,21-25H2,1-2H3/b35-3?,37-33-. The van der Waals surface area contributed by atoms with Gasteiger partial charge in [-0.3, -0.25) is 9.80 Å². The van der Waals surface area contributed by atoms with E-state index >= 15 is 0 Å². The van der Waals surface area contributed by atoms with Crippen molar-refractivity contribution in [1.29, 1.82) is 5.26 Å². The van der Waals surface area contributed by atoms with Crippen molar-refractivity contribution in [3.05, 3.63) is 23.6 Å². The van der Waals surface area contributed by atoms with E-state index in [1.807, 2.05) is 13.1 Å². The SMILES string of the molecule is CC=N/C(=N\CNC1=CCC(N2CCN(C3COC3)CC2)CC1)C1CC=C(OCC2CCN(CCOC)C2)C(C#N)CC1. The van der Waals surface area contributed by atoms with Crippen molar-refractivity contribution in [2.75, 3.05) is 86.0 Å². The van der Waals surface area contributed by atoms with Gasteiger partial charge in [0.05, 0.1) is 38.5 Å². The normalized spacial score (nSPS) is 30.4. The fourth-order valence-corrected chi connectivity index (χ4v) is 7.08. The Labute approximate surface area is 258 Å². The van der Waals surface area contributed by atoms with E-state index in [4.69, 9.17) is 19.2 Å². The van der Waals surface area contributed by atoms with E-state index in [2.05, 4.69) is 43.2 Å². The molecule has 0 saturated carbocycles. The van der Waals surface area contributed by atoms with Gasteiger partial charge in [0.15, 0.2) is 0 Å². The highest BCUT2D eigenvalue weighted by Gasteiger charge is 2.32. The number of methoxy groups -OCH3 is 1. The van der Waals surface area contributed by atoms with Crippen molar-refractivity contribution in [3.8, 4) is 6.07 Å². The molecule has 0 aromatic carbocycles. The van der Waals surface area contributed by atoms with Crippen LogP contribution in [0.15, 0.2) is 33.6 Å². The highest BCUT2D eigenvalue weighted by atomic mass is 16.5. The van der Waals surface area contributed by atoms with Crippen LogP contribution in [0.1, 0.15) is 51.9 Å². The molecule has 5 rings (SSSR count). The number of likely N-dealkylation sites (tertiary alicyclic amines) is 1. The molecule has 0 radical (unpaired) electrons. The van der Waals surface area contributed by atoms with Crippen LogP contribution in [-0.4, -0.2) is 125 Å². The van der Waals surface area contributed by atoms with Crippen molar-refractivity contribution >= 4 is 12.1 Å². The molecule has 0 aromatic rings. The number of nitriles is 1. The molecule has 3 heterocycles. The van der Waals surface area contributed by atoms with Crippen LogP contribution in [0.4, 0.5) is 0 Å². The van der Waals surface area contributed by atoms with Gasteiger partial charge in [0, 0.05) is 76.2 Å². The minimum Gasteiger partial charge on any atom is -0.497 e. The van der Waals surface area contributed by atoms with Crippen LogP contribution in [0.25, 0.3) is 0 Å². The lowest BCUT2D eigenvalue weighted by Gasteiger charge is -2.45. The summed E-state index contributed by atoms with van der Waals surface area (Å²) in [7, 11) is 1.75. The molecule has 10 heteroatoms. The fraction of sp³-hybridized carbons (Fsp3) is 0.788. The number of hydrogen-bond acceptors (Lipinski definition) is 9. The topological polar surface area (TPSA) is 98.0 Å². The van der Waals surface area contributed by atoms with Gasteiger partial charge in [0.2, 0.25) is 0 Å². The van der Waals surface area contributed by atoms with Gasteiger partial charge in [-0.05, 0) is 64.5 Å². The van der Waals surface area contributed by atoms with Gasteiger partial charge >= 0.3 is 0 Å².